The zero-order chi connectivity index (χ0) is 9.14. The van der Waals surface area contributed by atoms with E-state index in [1.165, 1.54) is 0 Å². The quantitative estimate of drug-likeness (QED) is 0.367. The van der Waals surface area contributed by atoms with Crippen molar-refractivity contribution in [2.75, 3.05) is 0 Å². The molecule has 1 aromatic rings. The molecule has 0 bridgehead atoms. The second-order valence-electron chi connectivity index (χ2n) is 2.00. The second-order valence-corrected chi connectivity index (χ2v) is 2.00. The van der Waals surface area contributed by atoms with Crippen molar-refractivity contribution < 1.29 is 4.92 Å². The monoisotopic (exact) mass is 164 g/mol. The molecule has 5 nitrogen and oxygen atoms in total. The lowest BCUT2D eigenvalue weighted by atomic mass is 10.3. The molecule has 0 amide bonds. The smallest absolute Gasteiger partial charge is 0.332 e. The molecule has 0 saturated heterocycles. The molecule has 1 N–H and O–H groups in total. The van der Waals surface area contributed by atoms with Gasteiger partial charge in [0.1, 0.15) is 0 Å². The fraction of sp³-hybridized carbons (Fsp3) is 0. The zero-order valence-corrected chi connectivity index (χ0v) is 5.90. The lowest BCUT2D eigenvalue weighted by molar-refractivity contribution is -0.386. The molecule has 0 fully saturated rings. The predicted octanol–water partition coefficient (Wildman–Crippen LogP) is 0.264. The summed E-state index contributed by atoms with van der Waals surface area (Å²) < 4.78 is 0. The lowest BCUT2D eigenvalue weighted by Crippen LogP contribution is -2.08. The van der Waals surface area contributed by atoms with Crippen molar-refractivity contribution in [3.8, 4) is 12.3 Å². The molecule has 1 heterocycles. The standard InChI is InChI=1S/C7H4N2O3/c1-2-5-3-7(10)6(4-8-5)9(11)12/h1,3-4H,(H,8,10). The number of terminal acetylenes is 1. The van der Waals surface area contributed by atoms with Crippen LogP contribution in [0.15, 0.2) is 17.1 Å². The van der Waals surface area contributed by atoms with Crippen LogP contribution in [0.1, 0.15) is 5.69 Å². The summed E-state index contributed by atoms with van der Waals surface area (Å²) in [7, 11) is 0. The van der Waals surface area contributed by atoms with Crippen molar-refractivity contribution in [2.45, 2.75) is 0 Å². The van der Waals surface area contributed by atoms with Crippen molar-refractivity contribution in [3.63, 3.8) is 0 Å². The maximum atomic E-state index is 10.9. The molecule has 1 rings (SSSR count). The van der Waals surface area contributed by atoms with Gasteiger partial charge in [0.15, 0.2) is 0 Å². The van der Waals surface area contributed by atoms with Gasteiger partial charge in [0.05, 0.1) is 16.8 Å². The van der Waals surface area contributed by atoms with Crippen molar-refractivity contribution in [1.29, 1.82) is 0 Å². The highest BCUT2D eigenvalue weighted by Gasteiger charge is 2.10. The molecule has 0 aromatic carbocycles. The number of H-pyrrole nitrogens is 1. The molecule has 0 spiro atoms. The van der Waals surface area contributed by atoms with E-state index in [1.807, 2.05) is 0 Å². The number of hydrogen-bond donors (Lipinski definition) is 1. The first-order valence-electron chi connectivity index (χ1n) is 2.99. The predicted molar refractivity (Wildman–Crippen MR) is 41.7 cm³/mol. The summed E-state index contributed by atoms with van der Waals surface area (Å²) in [6, 6.07) is 1.01. The third-order valence-corrected chi connectivity index (χ3v) is 1.24. The van der Waals surface area contributed by atoms with Crippen molar-refractivity contribution in [2.24, 2.45) is 0 Å². The summed E-state index contributed by atoms with van der Waals surface area (Å²) in [5.74, 6) is 2.16. The molecule has 0 atom stereocenters. The Morgan fingerprint density at radius 2 is 2.33 bits per heavy atom. The van der Waals surface area contributed by atoms with Crippen LogP contribution in [0.3, 0.4) is 0 Å². The highest BCUT2D eigenvalue weighted by molar-refractivity contribution is 5.32. The summed E-state index contributed by atoms with van der Waals surface area (Å²) in [5.41, 5.74) is -0.966. The summed E-state index contributed by atoms with van der Waals surface area (Å²) in [6.45, 7) is 0. The van der Waals surface area contributed by atoms with E-state index in [9.17, 15) is 14.9 Å². The van der Waals surface area contributed by atoms with Crippen molar-refractivity contribution >= 4 is 5.69 Å². The molecular formula is C7H4N2O3. The molecule has 0 saturated carbocycles. The summed E-state index contributed by atoms with van der Waals surface area (Å²) >= 11 is 0. The second kappa shape index (κ2) is 2.88. The van der Waals surface area contributed by atoms with Crippen LogP contribution < -0.4 is 5.43 Å². The van der Waals surface area contributed by atoms with E-state index in [-0.39, 0.29) is 5.69 Å². The van der Waals surface area contributed by atoms with Crippen molar-refractivity contribution in [3.05, 3.63) is 38.3 Å². The average Bonchev–Trinajstić information content (AvgIpc) is 2.03. The molecule has 12 heavy (non-hydrogen) atoms. The third kappa shape index (κ3) is 1.32. The summed E-state index contributed by atoms with van der Waals surface area (Å²) in [4.78, 5) is 22.7. The summed E-state index contributed by atoms with van der Waals surface area (Å²) in [6.07, 6.45) is 5.94. The molecular weight excluding hydrogens is 160 g/mol. The number of hydrogen-bond acceptors (Lipinski definition) is 3. The first-order valence-corrected chi connectivity index (χ1v) is 2.99. The Kier molecular flexibility index (Phi) is 1.92. The van der Waals surface area contributed by atoms with Gasteiger partial charge in [-0.2, -0.15) is 0 Å². The normalized spacial score (nSPS) is 8.92. The fourth-order valence-electron chi connectivity index (χ4n) is 0.690. The Balaban J connectivity index is 3.33. The lowest BCUT2D eigenvalue weighted by Gasteiger charge is -1.90. The highest BCUT2D eigenvalue weighted by atomic mass is 16.6. The van der Waals surface area contributed by atoms with Gasteiger partial charge in [0.25, 0.3) is 5.43 Å². The average molecular weight is 164 g/mol. The Morgan fingerprint density at radius 3 is 2.75 bits per heavy atom. The van der Waals surface area contributed by atoms with Gasteiger partial charge in [-0.3, -0.25) is 14.9 Å². The van der Waals surface area contributed by atoms with Gasteiger partial charge in [0.2, 0.25) is 0 Å². The Labute approximate surface area is 67.2 Å². The van der Waals surface area contributed by atoms with Crippen LogP contribution in [0.4, 0.5) is 5.69 Å². The van der Waals surface area contributed by atoms with Crippen LogP contribution in [0.2, 0.25) is 0 Å². The number of pyridine rings is 1. The number of aromatic amines is 1. The SMILES string of the molecule is C#Cc1cc(=O)c([N+](=O)[O-])c[nH]1. The van der Waals surface area contributed by atoms with E-state index in [4.69, 9.17) is 6.42 Å². The van der Waals surface area contributed by atoms with Crippen LogP contribution in [0.5, 0.6) is 0 Å². The maximum absolute atomic E-state index is 10.9. The first-order chi connectivity index (χ1) is 5.65. The minimum atomic E-state index is -0.765. The number of aromatic nitrogens is 1. The Bertz CT molecular complexity index is 413. The van der Waals surface area contributed by atoms with E-state index in [2.05, 4.69) is 10.9 Å². The van der Waals surface area contributed by atoms with Gasteiger partial charge in [0, 0.05) is 6.07 Å². The third-order valence-electron chi connectivity index (χ3n) is 1.24. The van der Waals surface area contributed by atoms with Crippen molar-refractivity contribution in [1.82, 2.24) is 4.98 Å². The van der Waals surface area contributed by atoms with E-state index >= 15 is 0 Å². The van der Waals surface area contributed by atoms with Gasteiger partial charge in [-0.05, 0) is 0 Å². The molecule has 0 radical (unpaired) electrons. The molecule has 0 aliphatic carbocycles. The van der Waals surface area contributed by atoms with Crippen LogP contribution in [0.25, 0.3) is 0 Å². The molecule has 0 unspecified atom stereocenters. The van der Waals surface area contributed by atoms with Gasteiger partial charge < -0.3 is 4.98 Å². The minimum Gasteiger partial charge on any atom is -0.349 e. The topological polar surface area (TPSA) is 76.0 Å². The van der Waals surface area contributed by atoms with E-state index in [0.29, 0.717) is 0 Å². The van der Waals surface area contributed by atoms with Crippen LogP contribution in [0, 0.1) is 22.5 Å². The van der Waals surface area contributed by atoms with E-state index in [0.717, 1.165) is 12.3 Å². The number of nitro groups is 1. The molecule has 60 valence electrons. The van der Waals surface area contributed by atoms with Crippen LogP contribution >= 0.6 is 0 Å². The van der Waals surface area contributed by atoms with Gasteiger partial charge >= 0.3 is 5.69 Å². The fourth-order valence-corrected chi connectivity index (χ4v) is 0.690. The number of rotatable bonds is 1. The molecule has 0 aliphatic rings. The van der Waals surface area contributed by atoms with Crippen LogP contribution in [-0.2, 0) is 0 Å². The first kappa shape index (κ1) is 8.01. The van der Waals surface area contributed by atoms with Crippen LogP contribution in [-0.4, -0.2) is 9.91 Å². The Hall–Kier alpha value is -2.09. The number of nitrogens with one attached hydrogen (secondary N) is 1. The maximum Gasteiger partial charge on any atom is 0.332 e. The number of nitrogens with zero attached hydrogens (tertiary/aromatic N) is 1. The van der Waals surface area contributed by atoms with Gasteiger partial charge in [-0.25, -0.2) is 0 Å². The molecule has 0 aliphatic heterocycles. The highest BCUT2D eigenvalue weighted by Crippen LogP contribution is 2.00. The summed E-state index contributed by atoms with van der Waals surface area (Å²) in [5, 5.41) is 10.2. The van der Waals surface area contributed by atoms with E-state index < -0.39 is 16.0 Å². The largest absolute Gasteiger partial charge is 0.349 e. The minimum absolute atomic E-state index is 0.227. The van der Waals surface area contributed by atoms with Gasteiger partial charge in [-0.1, -0.05) is 5.92 Å². The van der Waals surface area contributed by atoms with E-state index in [1.54, 1.807) is 0 Å². The molecule has 1 aromatic heterocycles. The van der Waals surface area contributed by atoms with Gasteiger partial charge in [-0.15, -0.1) is 6.42 Å². The zero-order valence-electron chi connectivity index (χ0n) is 5.90. The molecule has 5 heteroatoms. The Morgan fingerprint density at radius 1 is 1.67 bits per heavy atom.